The number of alkyl halides is 4. The fourth-order valence-electron chi connectivity index (χ4n) is 5.02. The molecule has 2 aliphatic heterocycles. The number of anilines is 2. The molecule has 0 aliphatic carbocycles. The molecule has 2 aromatic heterocycles. The predicted octanol–water partition coefficient (Wildman–Crippen LogP) is 5.30. The van der Waals surface area contributed by atoms with E-state index in [4.69, 9.17) is 4.74 Å². The van der Waals surface area contributed by atoms with Crippen molar-refractivity contribution in [3.8, 4) is 11.1 Å². The van der Waals surface area contributed by atoms with Gasteiger partial charge in [0.15, 0.2) is 0 Å². The Bertz CT molecular complexity index is 1430. The van der Waals surface area contributed by atoms with Crippen LogP contribution in [0.2, 0.25) is 0 Å². The van der Waals surface area contributed by atoms with Crippen molar-refractivity contribution in [2.75, 3.05) is 30.0 Å². The Hall–Kier alpha value is -3.86. The van der Waals surface area contributed by atoms with Crippen LogP contribution in [0.3, 0.4) is 0 Å². The number of carbonyl (C=O) groups is 2. The van der Waals surface area contributed by atoms with E-state index in [0.717, 1.165) is 12.1 Å². The quantitative estimate of drug-likeness (QED) is 0.465. The summed E-state index contributed by atoms with van der Waals surface area (Å²) in [4.78, 5) is 35.8. The van der Waals surface area contributed by atoms with Crippen LogP contribution in [0.1, 0.15) is 46.4 Å². The van der Waals surface area contributed by atoms with Crippen LogP contribution in [-0.2, 0) is 15.7 Å². The molecule has 198 valence electrons. The largest absolute Gasteiger partial charge is 0.416 e. The number of aromatic nitrogens is 2. The lowest BCUT2D eigenvalue weighted by molar-refractivity contribution is -0.143. The molecule has 2 aliphatic rings. The zero-order valence-corrected chi connectivity index (χ0v) is 20.6. The van der Waals surface area contributed by atoms with Gasteiger partial charge in [0.05, 0.1) is 24.1 Å². The van der Waals surface area contributed by atoms with Gasteiger partial charge in [-0.05, 0) is 50.6 Å². The van der Waals surface area contributed by atoms with Crippen LogP contribution in [0.4, 0.5) is 29.1 Å². The van der Waals surface area contributed by atoms with Gasteiger partial charge in [0.25, 0.3) is 11.8 Å². The molecule has 38 heavy (non-hydrogen) atoms. The van der Waals surface area contributed by atoms with Gasteiger partial charge in [0, 0.05) is 53.2 Å². The SMILES string of the molecule is CCN1C(=O)C2(F)COCC[C@@H]2c2cc(-c3cc(NC(=O)c4cccc(C(F)(F)F)c4)cnc3C)cnc21. The summed E-state index contributed by atoms with van der Waals surface area (Å²) in [5.74, 6) is -1.69. The number of aryl methyl sites for hydroxylation is 1. The molecule has 1 aromatic carbocycles. The number of hydrogen-bond donors (Lipinski definition) is 1. The van der Waals surface area contributed by atoms with E-state index in [2.05, 4.69) is 15.3 Å². The molecule has 3 aromatic rings. The highest BCUT2D eigenvalue weighted by molar-refractivity contribution is 6.05. The van der Waals surface area contributed by atoms with Crippen LogP contribution < -0.4 is 10.2 Å². The summed E-state index contributed by atoms with van der Waals surface area (Å²) in [6.45, 7) is 3.73. The zero-order chi connectivity index (χ0) is 27.2. The van der Waals surface area contributed by atoms with Gasteiger partial charge in [-0.15, -0.1) is 0 Å². The van der Waals surface area contributed by atoms with E-state index in [0.29, 0.717) is 41.2 Å². The number of pyridine rings is 2. The monoisotopic (exact) mass is 528 g/mol. The molecule has 1 unspecified atom stereocenters. The number of fused-ring (bicyclic) bond motifs is 3. The van der Waals surface area contributed by atoms with Crippen LogP contribution >= 0.6 is 0 Å². The Balaban J connectivity index is 1.49. The highest BCUT2D eigenvalue weighted by Gasteiger charge is 2.56. The van der Waals surface area contributed by atoms with Gasteiger partial charge in [0.1, 0.15) is 5.82 Å². The third-order valence-corrected chi connectivity index (χ3v) is 6.97. The molecule has 1 N–H and O–H groups in total. The molecule has 0 radical (unpaired) electrons. The second kappa shape index (κ2) is 9.46. The summed E-state index contributed by atoms with van der Waals surface area (Å²) in [5, 5.41) is 2.59. The Labute approximate surface area is 215 Å². The number of carbonyl (C=O) groups excluding carboxylic acids is 2. The van der Waals surface area contributed by atoms with Crippen LogP contribution in [0.5, 0.6) is 0 Å². The molecule has 0 spiro atoms. The lowest BCUT2D eigenvalue weighted by atomic mass is 9.76. The van der Waals surface area contributed by atoms with Crippen molar-refractivity contribution >= 4 is 23.3 Å². The third-order valence-electron chi connectivity index (χ3n) is 6.97. The molecule has 1 fully saturated rings. The highest BCUT2D eigenvalue weighted by atomic mass is 19.4. The molecule has 2 atom stereocenters. The van der Waals surface area contributed by atoms with E-state index in [1.807, 2.05) is 0 Å². The van der Waals surface area contributed by atoms with Crippen molar-refractivity contribution < 1.29 is 31.9 Å². The van der Waals surface area contributed by atoms with Crippen molar-refractivity contribution in [1.29, 1.82) is 0 Å². The van der Waals surface area contributed by atoms with Crippen LogP contribution in [-0.4, -0.2) is 47.2 Å². The summed E-state index contributed by atoms with van der Waals surface area (Å²) >= 11 is 0. The molecule has 0 saturated carbocycles. The number of nitrogens with zero attached hydrogens (tertiary/aromatic N) is 3. The van der Waals surface area contributed by atoms with Gasteiger partial charge in [-0.1, -0.05) is 6.07 Å². The Morgan fingerprint density at radius 3 is 2.74 bits per heavy atom. The fourth-order valence-corrected chi connectivity index (χ4v) is 5.02. The second-order valence-electron chi connectivity index (χ2n) is 9.33. The minimum absolute atomic E-state index is 0.152. The summed E-state index contributed by atoms with van der Waals surface area (Å²) < 4.78 is 60.4. The summed E-state index contributed by atoms with van der Waals surface area (Å²) in [5.41, 5.74) is -0.613. The second-order valence-corrected chi connectivity index (χ2v) is 9.33. The van der Waals surface area contributed by atoms with Gasteiger partial charge in [0.2, 0.25) is 5.67 Å². The molecular weight excluding hydrogens is 504 g/mol. The van der Waals surface area contributed by atoms with Crippen molar-refractivity contribution in [1.82, 2.24) is 9.97 Å². The van der Waals surface area contributed by atoms with E-state index >= 15 is 4.39 Å². The average molecular weight is 529 g/mol. The molecule has 1 saturated heterocycles. The molecule has 0 bridgehead atoms. The van der Waals surface area contributed by atoms with E-state index in [1.165, 1.54) is 23.2 Å². The predicted molar refractivity (Wildman–Crippen MR) is 132 cm³/mol. The maximum Gasteiger partial charge on any atom is 0.416 e. The van der Waals surface area contributed by atoms with Crippen LogP contribution in [0.15, 0.2) is 48.8 Å². The van der Waals surface area contributed by atoms with Gasteiger partial charge < -0.3 is 10.1 Å². The topological polar surface area (TPSA) is 84.4 Å². The Morgan fingerprint density at radius 2 is 2.00 bits per heavy atom. The van der Waals surface area contributed by atoms with Crippen LogP contribution in [0, 0.1) is 6.92 Å². The van der Waals surface area contributed by atoms with Crippen molar-refractivity contribution in [2.45, 2.75) is 38.0 Å². The molecule has 2 amide bonds. The van der Waals surface area contributed by atoms with E-state index in [9.17, 15) is 22.8 Å². The molecular formula is C27H24F4N4O3. The lowest BCUT2D eigenvalue weighted by Crippen LogP contribution is -2.58. The Kier molecular flexibility index (Phi) is 6.42. The standard InChI is InChI=1S/C27H24F4N4O3/c1-3-35-23-21(22-7-8-38-14-26(22,28)25(35)37)10-17(12-33-23)20-11-19(13-32-15(20)2)34-24(36)16-5-4-6-18(9-16)27(29,30)31/h4-6,9-13,22H,3,7-8,14H2,1-2H3,(H,34,36)/t22-,26?/m1/s1. The van der Waals surface area contributed by atoms with Crippen molar-refractivity contribution in [2.24, 2.45) is 0 Å². The van der Waals surface area contributed by atoms with Gasteiger partial charge in [-0.2, -0.15) is 13.2 Å². The molecule has 5 rings (SSSR count). The van der Waals surface area contributed by atoms with Crippen molar-refractivity contribution in [3.05, 3.63) is 71.2 Å². The lowest BCUT2D eigenvalue weighted by Gasteiger charge is -2.44. The van der Waals surface area contributed by atoms with Gasteiger partial charge in [-0.25, -0.2) is 9.37 Å². The zero-order valence-electron chi connectivity index (χ0n) is 20.6. The number of amides is 2. The number of rotatable bonds is 4. The molecule has 7 nitrogen and oxygen atoms in total. The van der Waals surface area contributed by atoms with E-state index in [1.54, 1.807) is 32.2 Å². The highest BCUT2D eigenvalue weighted by Crippen LogP contribution is 2.48. The Morgan fingerprint density at radius 1 is 1.21 bits per heavy atom. The van der Waals surface area contributed by atoms with Gasteiger partial charge >= 0.3 is 6.18 Å². The minimum atomic E-state index is -4.58. The smallest absolute Gasteiger partial charge is 0.378 e. The van der Waals surface area contributed by atoms with Crippen LogP contribution in [0.25, 0.3) is 11.1 Å². The minimum Gasteiger partial charge on any atom is -0.378 e. The van der Waals surface area contributed by atoms with E-state index in [-0.39, 0.29) is 24.4 Å². The van der Waals surface area contributed by atoms with E-state index < -0.39 is 35.1 Å². The maximum atomic E-state index is 15.9. The number of benzene rings is 1. The number of nitrogens with one attached hydrogen (secondary N) is 1. The number of ether oxygens (including phenoxy) is 1. The fraction of sp³-hybridized carbons (Fsp3) is 0.333. The third kappa shape index (κ3) is 4.40. The summed E-state index contributed by atoms with van der Waals surface area (Å²) in [6.07, 6.45) is -1.29. The molecule has 11 heteroatoms. The first kappa shape index (κ1) is 25.8. The molecule has 4 heterocycles. The maximum absolute atomic E-state index is 15.9. The first-order valence-corrected chi connectivity index (χ1v) is 12.1. The number of hydrogen-bond acceptors (Lipinski definition) is 5. The first-order chi connectivity index (χ1) is 18.0. The first-order valence-electron chi connectivity index (χ1n) is 12.1. The van der Waals surface area contributed by atoms with Gasteiger partial charge in [-0.3, -0.25) is 19.5 Å². The average Bonchev–Trinajstić information content (AvgIpc) is 2.90. The number of halogens is 4. The van der Waals surface area contributed by atoms with Crippen molar-refractivity contribution in [3.63, 3.8) is 0 Å². The summed E-state index contributed by atoms with van der Waals surface area (Å²) in [7, 11) is 0. The summed E-state index contributed by atoms with van der Waals surface area (Å²) in [6, 6.07) is 7.55. The normalized spacial score (nSPS) is 21.1.